The molecule has 0 bridgehead atoms. The predicted octanol–water partition coefficient (Wildman–Crippen LogP) is 6.91. The molecule has 210 valence electrons. The fourth-order valence-electron chi connectivity index (χ4n) is 6.00. The largest absolute Gasteiger partial charge is 0.505 e. The predicted molar refractivity (Wildman–Crippen MR) is 157 cm³/mol. The molecule has 4 rings (SSSR count). The van der Waals surface area contributed by atoms with Crippen LogP contribution in [0.3, 0.4) is 0 Å². The number of carbonyl (C=O) groups excluding carboxylic acids is 1. The molecule has 0 radical (unpaired) electrons. The molecule has 0 unspecified atom stereocenters. The molecule has 0 aliphatic heterocycles. The van der Waals surface area contributed by atoms with Gasteiger partial charge in [-0.25, -0.2) is 4.79 Å². The number of carbonyl (C=O) groups is 1. The summed E-state index contributed by atoms with van der Waals surface area (Å²) in [5.74, 6) is -1.14. The Labute approximate surface area is 237 Å². The summed E-state index contributed by atoms with van der Waals surface area (Å²) >= 11 is 0. The molecule has 8 heteroatoms. The highest BCUT2D eigenvalue weighted by molar-refractivity contribution is 6.99. The number of ether oxygens (including phenoxy) is 1. The van der Waals surface area contributed by atoms with Gasteiger partial charge in [0.1, 0.15) is 0 Å². The molecule has 2 aromatic carbocycles. The third-order valence-corrected chi connectivity index (χ3v) is 13.2. The number of aliphatic hydroxyl groups is 1. The van der Waals surface area contributed by atoms with E-state index < -0.39 is 20.0 Å². The molecular formula is C32H39N2O5Si+. The Kier molecular flexibility index (Phi) is 8.67. The van der Waals surface area contributed by atoms with E-state index in [2.05, 4.69) is 81.2 Å². The van der Waals surface area contributed by atoms with Crippen LogP contribution in [-0.4, -0.2) is 26.0 Å². The van der Waals surface area contributed by atoms with Crippen LogP contribution < -0.4 is 10.4 Å². The van der Waals surface area contributed by atoms with Gasteiger partial charge in [0.15, 0.2) is 10.7 Å². The monoisotopic (exact) mass is 559 g/mol. The lowest BCUT2D eigenvalue weighted by molar-refractivity contribution is -0.138. The van der Waals surface area contributed by atoms with Gasteiger partial charge in [0.2, 0.25) is 5.39 Å². The van der Waals surface area contributed by atoms with Gasteiger partial charge in [-0.3, -0.25) is 0 Å². The summed E-state index contributed by atoms with van der Waals surface area (Å²) in [4.78, 5) is 15.1. The Bertz CT molecular complexity index is 1350. The van der Waals surface area contributed by atoms with Crippen molar-refractivity contribution in [3.05, 3.63) is 101 Å². The summed E-state index contributed by atoms with van der Waals surface area (Å²) < 4.78 is 18.1. The lowest BCUT2D eigenvalue weighted by atomic mass is 9.69. The van der Waals surface area contributed by atoms with Crippen molar-refractivity contribution in [1.29, 1.82) is 5.39 Å². The van der Waals surface area contributed by atoms with Gasteiger partial charge >= 0.3 is 11.7 Å². The van der Waals surface area contributed by atoms with E-state index in [0.717, 1.165) is 24.0 Å². The van der Waals surface area contributed by atoms with Crippen molar-refractivity contribution < 1.29 is 23.5 Å². The summed E-state index contributed by atoms with van der Waals surface area (Å²) in [6.07, 6.45) is 5.64. The van der Waals surface area contributed by atoms with E-state index in [1.54, 1.807) is 19.5 Å². The average Bonchev–Trinajstić information content (AvgIpc) is 3.45. The Hall–Kier alpha value is -3.67. The number of aliphatic hydroxyl groups excluding tert-OH is 1. The van der Waals surface area contributed by atoms with Crippen LogP contribution in [0.15, 0.2) is 89.1 Å². The highest BCUT2D eigenvalue weighted by Crippen LogP contribution is 2.49. The number of allylic oxidation sites excluding steroid dienone is 1. The van der Waals surface area contributed by atoms with E-state index in [0.29, 0.717) is 6.42 Å². The normalized spacial score (nSPS) is 19.8. The molecule has 0 saturated carbocycles. The second kappa shape index (κ2) is 11.8. The van der Waals surface area contributed by atoms with Crippen LogP contribution in [0.2, 0.25) is 5.04 Å². The number of rotatable bonds is 9. The minimum Gasteiger partial charge on any atom is -0.505 e. The lowest BCUT2D eigenvalue weighted by Crippen LogP contribution is -2.67. The van der Waals surface area contributed by atoms with Crippen LogP contribution in [0.1, 0.15) is 77.5 Å². The van der Waals surface area contributed by atoms with Gasteiger partial charge < -0.3 is 18.7 Å². The van der Waals surface area contributed by atoms with Crippen LogP contribution in [0.5, 0.6) is 0 Å². The zero-order chi connectivity index (χ0) is 29.0. The second-order valence-electron chi connectivity index (χ2n) is 11.7. The number of hydrogen-bond donors (Lipinski definition) is 1. The van der Waals surface area contributed by atoms with Crippen LogP contribution in [0.25, 0.3) is 4.98 Å². The van der Waals surface area contributed by atoms with Gasteiger partial charge in [-0.2, -0.15) is 0 Å². The first kappa shape index (κ1) is 29.3. The summed E-state index contributed by atoms with van der Waals surface area (Å²) in [5.41, 5.74) is 1.26. The summed E-state index contributed by atoms with van der Waals surface area (Å²) in [6, 6.07) is 21.2. The molecule has 40 heavy (non-hydrogen) atoms. The third kappa shape index (κ3) is 5.49. The molecule has 1 N–H and O–H groups in total. The van der Waals surface area contributed by atoms with Gasteiger partial charge in [-0.1, -0.05) is 88.4 Å². The number of nitrogens with zero attached hydrogens (tertiary/aromatic N) is 2. The van der Waals surface area contributed by atoms with Crippen LogP contribution in [0.4, 0.5) is 0 Å². The van der Waals surface area contributed by atoms with Crippen molar-refractivity contribution in [2.75, 3.05) is 6.61 Å². The standard InChI is InChI=1S/C32H38N2O5Si/c1-6-38-30(36)29(34-33)27(35)17-19-32(5)20-18-28(25-21-37-22-26(25)32)39-40(31(2,3)4,23-13-9-7-10-14-23)24-15-11-8-12-16-24/h7-16,21-22,28H,6,17-20H2,1-5H3/p+1/t28-,32+/m0/s1. The van der Waals surface area contributed by atoms with Gasteiger partial charge in [-0.15, -0.1) is 0 Å². The quantitative estimate of drug-likeness (QED) is 0.101. The summed E-state index contributed by atoms with van der Waals surface area (Å²) in [7, 11) is -2.78. The average molecular weight is 560 g/mol. The van der Waals surface area contributed by atoms with E-state index in [4.69, 9.17) is 13.6 Å². The van der Waals surface area contributed by atoms with Gasteiger partial charge in [0.05, 0.1) is 25.2 Å². The SMILES string of the molecule is CCOC(=O)/C([N+]#N)=C(\O)CC[C@]1(C)CC[C@H](O[Si](c2ccccc2)(c2ccccc2)C(C)(C)C)c2cocc21. The highest BCUT2D eigenvalue weighted by Gasteiger charge is 2.53. The molecule has 7 nitrogen and oxygen atoms in total. The van der Waals surface area contributed by atoms with Crippen LogP contribution in [0, 0.1) is 5.39 Å². The zero-order valence-corrected chi connectivity index (χ0v) is 25.0. The molecule has 1 aromatic heterocycles. The van der Waals surface area contributed by atoms with Crippen molar-refractivity contribution in [3.8, 4) is 0 Å². The molecule has 0 amide bonds. The maximum Gasteiger partial charge on any atom is 0.505 e. The number of furan rings is 1. The molecule has 0 spiro atoms. The van der Waals surface area contributed by atoms with Crippen molar-refractivity contribution in [1.82, 2.24) is 0 Å². The number of esters is 1. The first-order valence-corrected chi connectivity index (χ1v) is 15.8. The van der Waals surface area contributed by atoms with Crippen molar-refractivity contribution in [3.63, 3.8) is 0 Å². The van der Waals surface area contributed by atoms with E-state index in [9.17, 15) is 15.3 Å². The van der Waals surface area contributed by atoms with Crippen molar-refractivity contribution >= 4 is 24.7 Å². The Morgan fingerprint density at radius 3 is 2.23 bits per heavy atom. The van der Waals surface area contributed by atoms with E-state index >= 15 is 0 Å². The maximum absolute atomic E-state index is 12.1. The van der Waals surface area contributed by atoms with Gasteiger partial charge in [-0.05, 0) is 47.0 Å². The maximum atomic E-state index is 12.1. The van der Waals surface area contributed by atoms with E-state index in [1.165, 1.54) is 10.4 Å². The van der Waals surface area contributed by atoms with E-state index in [1.807, 2.05) is 12.1 Å². The summed E-state index contributed by atoms with van der Waals surface area (Å²) in [5, 5.41) is 22.2. The highest BCUT2D eigenvalue weighted by atomic mass is 28.4. The fraction of sp³-hybridized carbons (Fsp3) is 0.406. The van der Waals surface area contributed by atoms with Crippen LogP contribution in [-0.2, 0) is 19.4 Å². The Morgan fingerprint density at radius 1 is 1.10 bits per heavy atom. The first-order chi connectivity index (χ1) is 19.1. The minimum absolute atomic E-state index is 0.119. The molecule has 2 atom stereocenters. The topological polar surface area (TPSA) is 97.1 Å². The number of benzene rings is 2. The van der Waals surface area contributed by atoms with Gasteiger partial charge in [0, 0.05) is 17.5 Å². The van der Waals surface area contributed by atoms with Crippen molar-refractivity contribution in [2.45, 2.75) is 76.9 Å². The Balaban J connectivity index is 1.69. The van der Waals surface area contributed by atoms with Crippen LogP contribution >= 0.6 is 0 Å². The molecule has 1 heterocycles. The number of diazo groups is 1. The minimum atomic E-state index is -2.78. The van der Waals surface area contributed by atoms with Gasteiger partial charge in [0.25, 0.3) is 8.32 Å². The molecule has 1 aliphatic carbocycles. The molecule has 0 saturated heterocycles. The first-order valence-electron chi connectivity index (χ1n) is 13.9. The lowest BCUT2D eigenvalue weighted by Gasteiger charge is -2.47. The van der Waals surface area contributed by atoms with Crippen molar-refractivity contribution in [2.24, 2.45) is 0 Å². The molecule has 1 aliphatic rings. The fourth-order valence-corrected chi connectivity index (χ4v) is 10.7. The smallest absolute Gasteiger partial charge is 0.505 e. The Morgan fingerprint density at radius 2 is 1.70 bits per heavy atom. The molecular weight excluding hydrogens is 520 g/mol. The number of hydrogen-bond acceptors (Lipinski definition) is 6. The molecule has 3 aromatic rings. The second-order valence-corrected chi connectivity index (χ2v) is 16.0. The summed E-state index contributed by atoms with van der Waals surface area (Å²) in [6.45, 7) is 10.7. The van der Waals surface area contributed by atoms with E-state index in [-0.39, 0.29) is 35.3 Å². The molecule has 0 fully saturated rings. The number of fused-ring (bicyclic) bond motifs is 1. The third-order valence-electron chi connectivity index (χ3n) is 8.14. The zero-order valence-electron chi connectivity index (χ0n) is 24.0.